The first-order valence-electron chi connectivity index (χ1n) is 7.93. The third kappa shape index (κ3) is 3.36. The Morgan fingerprint density at radius 1 is 1.50 bits per heavy atom. The van der Waals surface area contributed by atoms with Gasteiger partial charge in [0.1, 0.15) is 5.82 Å². The molecule has 3 heterocycles. The third-order valence-corrected chi connectivity index (χ3v) is 5.09. The van der Waals surface area contributed by atoms with Gasteiger partial charge in [-0.25, -0.2) is 9.97 Å². The van der Waals surface area contributed by atoms with Gasteiger partial charge in [0.25, 0.3) is 5.56 Å². The molecule has 6 nitrogen and oxygen atoms in total. The lowest BCUT2D eigenvalue weighted by atomic mass is 10.1. The maximum Gasteiger partial charge on any atom is 0.254 e. The monoisotopic (exact) mass is 344 g/mol. The van der Waals surface area contributed by atoms with Gasteiger partial charge in [0.15, 0.2) is 5.16 Å². The molecule has 0 unspecified atom stereocenters. The highest BCUT2D eigenvalue weighted by Crippen LogP contribution is 2.32. The van der Waals surface area contributed by atoms with E-state index in [2.05, 4.69) is 15.3 Å². The van der Waals surface area contributed by atoms with Crippen molar-refractivity contribution in [1.29, 1.82) is 0 Å². The van der Waals surface area contributed by atoms with E-state index in [1.165, 1.54) is 11.8 Å². The van der Waals surface area contributed by atoms with Crippen LogP contribution in [0.15, 0.2) is 34.3 Å². The molecule has 1 atom stereocenters. The molecule has 24 heavy (non-hydrogen) atoms. The number of hydrogen-bond donors (Lipinski definition) is 1. The molecule has 7 heteroatoms. The first-order valence-corrected chi connectivity index (χ1v) is 8.92. The Kier molecular flexibility index (Phi) is 4.71. The molecule has 3 rings (SSSR count). The summed E-state index contributed by atoms with van der Waals surface area (Å²) >= 11 is 1.53. The lowest BCUT2D eigenvalue weighted by molar-refractivity contribution is -0.116. The number of aryl methyl sites for hydroxylation is 1. The SMILES string of the molecule is Cc1cccnc1NC(=O)C[C@@H]1CSc2nc(C(C)C)cc(=O)n21. The topological polar surface area (TPSA) is 76.9 Å². The second-order valence-electron chi connectivity index (χ2n) is 6.21. The number of amides is 1. The van der Waals surface area contributed by atoms with Crippen LogP contribution in [0, 0.1) is 6.92 Å². The van der Waals surface area contributed by atoms with Crippen molar-refractivity contribution >= 4 is 23.5 Å². The zero-order valence-corrected chi connectivity index (χ0v) is 14.8. The van der Waals surface area contributed by atoms with Gasteiger partial charge in [-0.05, 0) is 24.5 Å². The van der Waals surface area contributed by atoms with Crippen molar-refractivity contribution in [2.75, 3.05) is 11.1 Å². The van der Waals surface area contributed by atoms with Crippen LogP contribution in [-0.2, 0) is 4.79 Å². The van der Waals surface area contributed by atoms with Crippen molar-refractivity contribution in [3.05, 3.63) is 46.0 Å². The molecule has 2 aromatic rings. The van der Waals surface area contributed by atoms with Gasteiger partial charge in [0.2, 0.25) is 5.91 Å². The number of anilines is 1. The van der Waals surface area contributed by atoms with Crippen LogP contribution in [0.2, 0.25) is 0 Å². The minimum Gasteiger partial charge on any atom is -0.310 e. The summed E-state index contributed by atoms with van der Waals surface area (Å²) in [4.78, 5) is 33.4. The van der Waals surface area contributed by atoms with Gasteiger partial charge < -0.3 is 5.32 Å². The van der Waals surface area contributed by atoms with Crippen LogP contribution >= 0.6 is 11.8 Å². The number of hydrogen-bond acceptors (Lipinski definition) is 5. The molecule has 1 N–H and O–H groups in total. The Labute approximate surface area is 144 Å². The van der Waals surface area contributed by atoms with Gasteiger partial charge >= 0.3 is 0 Å². The molecule has 2 aromatic heterocycles. The molecule has 0 radical (unpaired) electrons. The summed E-state index contributed by atoms with van der Waals surface area (Å²) in [5, 5.41) is 3.53. The van der Waals surface area contributed by atoms with Crippen LogP contribution < -0.4 is 10.9 Å². The minimum absolute atomic E-state index is 0.0829. The minimum atomic E-state index is -0.171. The molecule has 0 spiro atoms. The van der Waals surface area contributed by atoms with Gasteiger partial charge in [0, 0.05) is 24.4 Å². The van der Waals surface area contributed by atoms with Crippen LogP contribution in [-0.4, -0.2) is 26.2 Å². The number of carbonyl (C=O) groups excluding carboxylic acids is 1. The van der Waals surface area contributed by atoms with Crippen molar-refractivity contribution in [3.63, 3.8) is 0 Å². The fourth-order valence-corrected chi connectivity index (χ4v) is 3.79. The van der Waals surface area contributed by atoms with E-state index in [1.807, 2.05) is 32.9 Å². The molecule has 126 valence electrons. The summed E-state index contributed by atoms with van der Waals surface area (Å²) in [6.45, 7) is 5.92. The summed E-state index contributed by atoms with van der Waals surface area (Å²) < 4.78 is 1.64. The average molecular weight is 344 g/mol. The van der Waals surface area contributed by atoms with Crippen molar-refractivity contribution in [1.82, 2.24) is 14.5 Å². The van der Waals surface area contributed by atoms with Crippen molar-refractivity contribution < 1.29 is 4.79 Å². The molecule has 1 aliphatic heterocycles. The molecule has 1 amide bonds. The van der Waals surface area contributed by atoms with Gasteiger partial charge in [0.05, 0.1) is 11.7 Å². The molecule has 0 bridgehead atoms. The number of carbonyl (C=O) groups is 1. The number of nitrogens with one attached hydrogen (secondary N) is 1. The number of nitrogens with zero attached hydrogens (tertiary/aromatic N) is 3. The molecular weight excluding hydrogens is 324 g/mol. The van der Waals surface area contributed by atoms with E-state index < -0.39 is 0 Å². The number of aromatic nitrogens is 3. The quantitative estimate of drug-likeness (QED) is 0.863. The first-order chi connectivity index (χ1) is 11.5. The molecule has 1 aliphatic rings. The zero-order chi connectivity index (χ0) is 17.3. The first kappa shape index (κ1) is 16.7. The number of rotatable bonds is 4. The van der Waals surface area contributed by atoms with Gasteiger partial charge in [-0.1, -0.05) is 31.7 Å². The lowest BCUT2D eigenvalue weighted by Crippen LogP contribution is -2.28. The summed E-state index contributed by atoms with van der Waals surface area (Å²) in [7, 11) is 0. The maximum absolute atomic E-state index is 12.4. The maximum atomic E-state index is 12.4. The number of pyridine rings is 1. The Hall–Kier alpha value is -2.15. The normalized spacial score (nSPS) is 16.2. The number of thioether (sulfide) groups is 1. The largest absolute Gasteiger partial charge is 0.310 e. The predicted molar refractivity (Wildman–Crippen MR) is 94.6 cm³/mol. The van der Waals surface area contributed by atoms with E-state index in [0.717, 1.165) is 11.3 Å². The van der Waals surface area contributed by atoms with E-state index in [1.54, 1.807) is 16.8 Å². The molecule has 0 fully saturated rings. The van der Waals surface area contributed by atoms with Crippen LogP contribution in [0.25, 0.3) is 0 Å². The third-order valence-electron chi connectivity index (χ3n) is 3.99. The smallest absolute Gasteiger partial charge is 0.254 e. The Morgan fingerprint density at radius 3 is 3.00 bits per heavy atom. The highest BCUT2D eigenvalue weighted by molar-refractivity contribution is 7.99. The molecule has 0 saturated heterocycles. The van der Waals surface area contributed by atoms with E-state index in [4.69, 9.17) is 0 Å². The van der Waals surface area contributed by atoms with Gasteiger partial charge in [-0.3, -0.25) is 14.2 Å². The Morgan fingerprint density at radius 2 is 2.29 bits per heavy atom. The Bertz CT molecular complexity index is 832. The van der Waals surface area contributed by atoms with Gasteiger partial charge in [-0.15, -0.1) is 0 Å². The van der Waals surface area contributed by atoms with Crippen LogP contribution in [0.3, 0.4) is 0 Å². The van der Waals surface area contributed by atoms with Crippen molar-refractivity contribution in [2.45, 2.75) is 44.3 Å². The van der Waals surface area contributed by atoms with Crippen LogP contribution in [0.1, 0.15) is 43.5 Å². The summed E-state index contributed by atoms with van der Waals surface area (Å²) in [5.41, 5.74) is 1.63. The molecule has 0 aromatic carbocycles. The van der Waals surface area contributed by atoms with Crippen molar-refractivity contribution in [2.24, 2.45) is 0 Å². The summed E-state index contributed by atoms with van der Waals surface area (Å²) in [6, 6.07) is 5.13. The lowest BCUT2D eigenvalue weighted by Gasteiger charge is -2.14. The standard InChI is InChI=1S/C17H20N4O2S/c1-10(2)13-8-15(23)21-12(9-24-17(21)19-13)7-14(22)20-16-11(3)5-4-6-18-16/h4-6,8,10,12H,7,9H2,1-3H3,(H,18,20,22)/t12-/m1/s1. The fourth-order valence-electron chi connectivity index (χ4n) is 2.63. The van der Waals surface area contributed by atoms with Crippen LogP contribution in [0.4, 0.5) is 5.82 Å². The molecule has 0 saturated carbocycles. The second kappa shape index (κ2) is 6.76. The van der Waals surface area contributed by atoms with Gasteiger partial charge in [-0.2, -0.15) is 0 Å². The fraction of sp³-hybridized carbons (Fsp3) is 0.412. The highest BCUT2D eigenvalue weighted by atomic mass is 32.2. The van der Waals surface area contributed by atoms with E-state index in [-0.39, 0.29) is 29.8 Å². The average Bonchev–Trinajstić information content (AvgIpc) is 2.93. The highest BCUT2D eigenvalue weighted by Gasteiger charge is 2.28. The number of fused-ring (bicyclic) bond motifs is 1. The Balaban J connectivity index is 1.76. The van der Waals surface area contributed by atoms with Crippen LogP contribution in [0.5, 0.6) is 0 Å². The van der Waals surface area contributed by atoms with E-state index >= 15 is 0 Å². The second-order valence-corrected chi connectivity index (χ2v) is 7.20. The summed E-state index contributed by atoms with van der Waals surface area (Å²) in [5.74, 6) is 1.31. The molecule has 0 aliphatic carbocycles. The zero-order valence-electron chi connectivity index (χ0n) is 13.9. The summed E-state index contributed by atoms with van der Waals surface area (Å²) in [6.07, 6.45) is 1.88. The van der Waals surface area contributed by atoms with E-state index in [0.29, 0.717) is 16.7 Å². The predicted octanol–water partition coefficient (Wildman–Crippen LogP) is 2.75. The van der Waals surface area contributed by atoms with Crippen molar-refractivity contribution in [3.8, 4) is 0 Å². The molecular formula is C17H20N4O2S. The van der Waals surface area contributed by atoms with E-state index in [9.17, 15) is 9.59 Å².